The van der Waals surface area contributed by atoms with Crippen molar-refractivity contribution in [3.8, 4) is 0 Å². The molecular weight excluding hydrogens is 314 g/mol. The molecule has 0 aliphatic heterocycles. The molecule has 2 aromatic carbocycles. The number of aromatic nitrogens is 1. The van der Waals surface area contributed by atoms with Crippen molar-refractivity contribution in [3.05, 3.63) is 66.2 Å². The summed E-state index contributed by atoms with van der Waals surface area (Å²) in [5, 5.41) is 13.3. The predicted octanol–water partition coefficient (Wildman–Crippen LogP) is 3.87. The Morgan fingerprint density at radius 3 is 2.56 bits per heavy atom. The van der Waals surface area contributed by atoms with Crippen molar-refractivity contribution < 1.29 is 9.90 Å². The largest absolute Gasteiger partial charge is 0.478 e. The molecule has 5 nitrogen and oxygen atoms in total. The zero-order valence-corrected chi connectivity index (χ0v) is 14.1. The molecule has 0 bridgehead atoms. The summed E-state index contributed by atoms with van der Waals surface area (Å²) < 4.78 is 0. The Balaban J connectivity index is 1.74. The second-order valence-corrected chi connectivity index (χ2v) is 5.72. The van der Waals surface area contributed by atoms with Gasteiger partial charge in [-0.1, -0.05) is 36.4 Å². The number of rotatable bonds is 7. The molecule has 0 spiro atoms. The second-order valence-electron chi connectivity index (χ2n) is 5.72. The first-order valence-electron chi connectivity index (χ1n) is 8.36. The van der Waals surface area contributed by atoms with Crippen LogP contribution in [-0.2, 0) is 0 Å². The Hall–Kier alpha value is -3.08. The second kappa shape index (κ2) is 7.66. The molecule has 0 radical (unpaired) electrons. The van der Waals surface area contributed by atoms with Crippen LogP contribution in [-0.4, -0.2) is 35.7 Å². The fraction of sp³-hybridized carbons (Fsp3) is 0.200. The van der Waals surface area contributed by atoms with Crippen LogP contribution in [0.1, 0.15) is 17.3 Å². The number of carboxylic acid groups (broad SMARTS) is 1. The van der Waals surface area contributed by atoms with Gasteiger partial charge >= 0.3 is 5.97 Å². The maximum Gasteiger partial charge on any atom is 0.336 e. The Labute approximate surface area is 146 Å². The van der Waals surface area contributed by atoms with Gasteiger partial charge in [-0.15, -0.1) is 0 Å². The highest BCUT2D eigenvalue weighted by atomic mass is 16.4. The maximum atomic E-state index is 11.5. The molecule has 1 heterocycles. The number of likely N-dealkylation sites (N-methyl/N-ethyl adjacent to an activating group) is 1. The van der Waals surface area contributed by atoms with Crippen LogP contribution in [0.5, 0.6) is 0 Å². The Morgan fingerprint density at radius 1 is 1.12 bits per heavy atom. The van der Waals surface area contributed by atoms with Crippen molar-refractivity contribution >= 4 is 28.4 Å². The van der Waals surface area contributed by atoms with Crippen molar-refractivity contribution in [2.24, 2.45) is 0 Å². The van der Waals surface area contributed by atoms with E-state index >= 15 is 0 Å². The Kier molecular flexibility index (Phi) is 5.14. The van der Waals surface area contributed by atoms with Gasteiger partial charge in [0.15, 0.2) is 0 Å². The van der Waals surface area contributed by atoms with E-state index < -0.39 is 5.97 Å². The number of aromatic carboxylic acids is 1. The highest BCUT2D eigenvalue weighted by Gasteiger charge is 2.11. The van der Waals surface area contributed by atoms with Gasteiger partial charge in [-0.05, 0) is 31.2 Å². The number of fused-ring (bicyclic) bond motifs is 1. The highest BCUT2D eigenvalue weighted by molar-refractivity contribution is 6.03. The molecule has 2 N–H and O–H groups in total. The van der Waals surface area contributed by atoms with Crippen LogP contribution < -0.4 is 10.2 Å². The first-order valence-corrected chi connectivity index (χ1v) is 8.36. The predicted molar refractivity (Wildman–Crippen MR) is 102 cm³/mol. The normalized spacial score (nSPS) is 10.6. The third-order valence-corrected chi connectivity index (χ3v) is 4.14. The zero-order valence-electron chi connectivity index (χ0n) is 14.1. The summed E-state index contributed by atoms with van der Waals surface area (Å²) in [4.78, 5) is 18.3. The molecule has 5 heteroatoms. The summed E-state index contributed by atoms with van der Waals surface area (Å²) >= 11 is 0. The number of nitrogens with one attached hydrogen (secondary N) is 1. The standard InChI is InChI=1S/C20H21N3O2/c1-2-23(15-8-4-3-5-9-15)13-12-21-19-14-17(20(24)25)16-10-6-7-11-18(16)22-19/h3-11,14H,2,12-13H2,1H3,(H,21,22)(H,24,25). The topological polar surface area (TPSA) is 65.5 Å². The average Bonchev–Trinajstić information content (AvgIpc) is 2.65. The van der Waals surface area contributed by atoms with Crippen LogP contribution in [0.3, 0.4) is 0 Å². The van der Waals surface area contributed by atoms with Crippen LogP contribution in [0.25, 0.3) is 10.9 Å². The van der Waals surface area contributed by atoms with E-state index in [4.69, 9.17) is 0 Å². The molecule has 1 aromatic heterocycles. The number of hydrogen-bond donors (Lipinski definition) is 2. The molecule has 25 heavy (non-hydrogen) atoms. The average molecular weight is 335 g/mol. The van der Waals surface area contributed by atoms with E-state index in [1.54, 1.807) is 12.1 Å². The van der Waals surface area contributed by atoms with Crippen molar-refractivity contribution in [3.63, 3.8) is 0 Å². The van der Waals surface area contributed by atoms with Crippen LogP contribution in [0.15, 0.2) is 60.7 Å². The number of para-hydroxylation sites is 2. The molecule has 128 valence electrons. The molecule has 3 rings (SSSR count). The zero-order chi connectivity index (χ0) is 17.6. The molecule has 0 fully saturated rings. The van der Waals surface area contributed by atoms with E-state index in [-0.39, 0.29) is 5.56 Å². The third kappa shape index (κ3) is 3.88. The SMILES string of the molecule is CCN(CCNc1cc(C(=O)O)c2ccccc2n1)c1ccccc1. The number of pyridine rings is 1. The Bertz CT molecular complexity index is 865. The van der Waals surface area contributed by atoms with Crippen molar-refractivity contribution in [2.75, 3.05) is 29.9 Å². The summed E-state index contributed by atoms with van der Waals surface area (Å²) in [6.45, 7) is 4.49. The van der Waals surface area contributed by atoms with E-state index in [0.717, 1.165) is 13.1 Å². The summed E-state index contributed by atoms with van der Waals surface area (Å²) in [5.74, 6) is -0.360. The van der Waals surface area contributed by atoms with Gasteiger partial charge in [0, 0.05) is 30.7 Å². The van der Waals surface area contributed by atoms with Gasteiger partial charge in [-0.2, -0.15) is 0 Å². The molecule has 0 saturated carbocycles. The molecule has 3 aromatic rings. The van der Waals surface area contributed by atoms with Crippen molar-refractivity contribution in [1.82, 2.24) is 4.98 Å². The van der Waals surface area contributed by atoms with Gasteiger partial charge in [0.05, 0.1) is 11.1 Å². The first-order chi connectivity index (χ1) is 12.2. The van der Waals surface area contributed by atoms with Crippen LogP contribution in [0.2, 0.25) is 0 Å². The lowest BCUT2D eigenvalue weighted by Gasteiger charge is -2.23. The minimum absolute atomic E-state index is 0.267. The first kappa shape index (κ1) is 16.8. The summed E-state index contributed by atoms with van der Waals surface area (Å²) in [7, 11) is 0. The lowest BCUT2D eigenvalue weighted by molar-refractivity contribution is 0.0699. The lowest BCUT2D eigenvalue weighted by atomic mass is 10.1. The van der Waals surface area contributed by atoms with Crippen LogP contribution in [0, 0.1) is 0 Å². The van der Waals surface area contributed by atoms with Gasteiger partial charge in [-0.25, -0.2) is 9.78 Å². The summed E-state index contributed by atoms with van der Waals surface area (Å²) in [6, 6.07) is 19.1. The third-order valence-electron chi connectivity index (χ3n) is 4.14. The summed E-state index contributed by atoms with van der Waals surface area (Å²) in [6.07, 6.45) is 0. The monoisotopic (exact) mass is 335 g/mol. The summed E-state index contributed by atoms with van der Waals surface area (Å²) in [5.41, 5.74) is 2.12. The van der Waals surface area contributed by atoms with Gasteiger partial charge in [-0.3, -0.25) is 0 Å². The molecule has 0 atom stereocenters. The van der Waals surface area contributed by atoms with Gasteiger partial charge in [0.25, 0.3) is 0 Å². The molecule has 0 aliphatic rings. The number of carbonyl (C=O) groups is 1. The fourth-order valence-electron chi connectivity index (χ4n) is 2.87. The molecule has 0 aliphatic carbocycles. The smallest absolute Gasteiger partial charge is 0.336 e. The fourth-order valence-corrected chi connectivity index (χ4v) is 2.87. The molecule has 0 unspecified atom stereocenters. The Morgan fingerprint density at radius 2 is 1.84 bits per heavy atom. The van der Waals surface area contributed by atoms with Crippen molar-refractivity contribution in [2.45, 2.75) is 6.92 Å². The minimum atomic E-state index is -0.943. The number of benzene rings is 2. The van der Waals surface area contributed by atoms with Crippen LogP contribution in [0.4, 0.5) is 11.5 Å². The van der Waals surface area contributed by atoms with Crippen molar-refractivity contribution in [1.29, 1.82) is 0 Å². The highest BCUT2D eigenvalue weighted by Crippen LogP contribution is 2.21. The van der Waals surface area contributed by atoms with Gasteiger partial charge in [0.1, 0.15) is 5.82 Å². The van der Waals surface area contributed by atoms with E-state index in [2.05, 4.69) is 34.3 Å². The van der Waals surface area contributed by atoms with Gasteiger partial charge < -0.3 is 15.3 Å². The van der Waals surface area contributed by atoms with Gasteiger partial charge in [0.2, 0.25) is 0 Å². The number of nitrogens with zero attached hydrogens (tertiary/aromatic N) is 2. The van der Waals surface area contributed by atoms with Crippen LogP contribution >= 0.6 is 0 Å². The minimum Gasteiger partial charge on any atom is -0.478 e. The van der Waals surface area contributed by atoms with E-state index in [1.165, 1.54) is 5.69 Å². The number of carboxylic acids is 1. The maximum absolute atomic E-state index is 11.5. The molecule has 0 amide bonds. The molecule has 0 saturated heterocycles. The van der Waals surface area contributed by atoms with E-state index in [0.29, 0.717) is 23.3 Å². The van der Waals surface area contributed by atoms with E-state index in [9.17, 15) is 9.90 Å². The molecular formula is C20H21N3O2. The quantitative estimate of drug-likeness (QED) is 0.686. The number of hydrogen-bond acceptors (Lipinski definition) is 4. The van der Waals surface area contributed by atoms with E-state index in [1.807, 2.05) is 36.4 Å². The lowest BCUT2D eigenvalue weighted by Crippen LogP contribution is -2.28. The number of anilines is 2.